The Kier molecular flexibility index (Phi) is 7.85. The molecular weight excluding hydrogens is 555 g/mol. The molecule has 4 nitrogen and oxygen atoms in total. The lowest BCUT2D eigenvalue weighted by atomic mass is 10.0. The van der Waals surface area contributed by atoms with Crippen LogP contribution in [0.25, 0.3) is 0 Å². The van der Waals surface area contributed by atoms with E-state index in [1.807, 2.05) is 29.2 Å². The van der Waals surface area contributed by atoms with Gasteiger partial charge in [-0.15, -0.1) is 0 Å². The maximum atomic E-state index is 13.4. The van der Waals surface area contributed by atoms with Crippen LogP contribution < -0.4 is 5.73 Å². The molecule has 1 unspecified atom stereocenters. The summed E-state index contributed by atoms with van der Waals surface area (Å²) in [4.78, 5) is 19.5. The van der Waals surface area contributed by atoms with E-state index >= 15 is 0 Å². The van der Waals surface area contributed by atoms with Gasteiger partial charge >= 0.3 is 6.18 Å². The molecule has 3 aromatic carbocycles. The number of carbonyl (C=O) groups excluding carboxylic acids is 1. The fraction of sp³-hybridized carbons (Fsp3) is 0.185. The van der Waals surface area contributed by atoms with Crippen molar-refractivity contribution in [1.82, 2.24) is 4.90 Å². The number of benzene rings is 3. The standard InChI is InChI=1S/C27H22BrClF3N3O/c28-20-7-2-1-6-19(20)24-10-5-15-35(24)26(36)18-13-11-17(12-14-18)23(16-25(33)27(30,31)32)34-22-9-4-3-8-21(22)29/h1-4,6-9,11-14,16,24H,5,10,15,33H2/b25-16-,34-23?. The molecule has 1 aliphatic heterocycles. The van der Waals surface area contributed by atoms with Crippen LogP contribution >= 0.6 is 27.5 Å². The van der Waals surface area contributed by atoms with E-state index in [2.05, 4.69) is 20.9 Å². The highest BCUT2D eigenvalue weighted by Crippen LogP contribution is 2.37. The lowest BCUT2D eigenvalue weighted by Gasteiger charge is -2.26. The van der Waals surface area contributed by atoms with Gasteiger partial charge in [-0.1, -0.05) is 70.0 Å². The number of carbonyl (C=O) groups is 1. The molecule has 1 atom stereocenters. The lowest BCUT2D eigenvalue weighted by molar-refractivity contribution is -0.0925. The van der Waals surface area contributed by atoms with Gasteiger partial charge in [0.05, 0.1) is 22.5 Å². The topological polar surface area (TPSA) is 58.7 Å². The van der Waals surface area contributed by atoms with Crippen LogP contribution in [0.15, 0.2) is 94.0 Å². The zero-order valence-corrected chi connectivity index (χ0v) is 21.3. The number of likely N-dealkylation sites (tertiary alicyclic amines) is 1. The molecule has 186 valence electrons. The largest absolute Gasteiger partial charge is 0.430 e. The van der Waals surface area contributed by atoms with Gasteiger partial charge in [-0.2, -0.15) is 13.2 Å². The van der Waals surface area contributed by atoms with Crippen molar-refractivity contribution in [2.75, 3.05) is 6.54 Å². The van der Waals surface area contributed by atoms with Crippen LogP contribution in [0.3, 0.4) is 0 Å². The predicted molar refractivity (Wildman–Crippen MR) is 140 cm³/mol. The summed E-state index contributed by atoms with van der Waals surface area (Å²) >= 11 is 9.74. The normalized spacial score (nSPS) is 16.9. The number of nitrogens with two attached hydrogens (primary N) is 1. The Morgan fingerprint density at radius 1 is 1.03 bits per heavy atom. The fourth-order valence-corrected chi connectivity index (χ4v) is 4.84. The molecule has 0 radical (unpaired) electrons. The van der Waals surface area contributed by atoms with E-state index in [4.69, 9.17) is 17.3 Å². The Labute approximate surface area is 220 Å². The first-order valence-electron chi connectivity index (χ1n) is 11.2. The van der Waals surface area contributed by atoms with Gasteiger partial charge in [0.1, 0.15) is 5.70 Å². The van der Waals surface area contributed by atoms with Crippen LogP contribution in [0, 0.1) is 0 Å². The number of alkyl halides is 3. The van der Waals surface area contributed by atoms with E-state index < -0.39 is 11.9 Å². The second kappa shape index (κ2) is 10.9. The van der Waals surface area contributed by atoms with E-state index in [0.29, 0.717) is 23.4 Å². The number of allylic oxidation sites excluding steroid dienone is 2. The summed E-state index contributed by atoms with van der Waals surface area (Å²) in [5, 5.41) is 0.285. The van der Waals surface area contributed by atoms with Gasteiger partial charge in [0.15, 0.2) is 0 Å². The van der Waals surface area contributed by atoms with Crippen LogP contribution in [0.2, 0.25) is 5.02 Å². The highest BCUT2D eigenvalue weighted by atomic mass is 79.9. The van der Waals surface area contributed by atoms with Crippen molar-refractivity contribution in [3.05, 3.63) is 111 Å². The molecule has 1 aliphatic rings. The molecule has 2 N–H and O–H groups in total. The van der Waals surface area contributed by atoms with Gasteiger partial charge in [-0.05, 0) is 54.8 Å². The first-order valence-corrected chi connectivity index (χ1v) is 12.4. The Bertz CT molecular complexity index is 1320. The average Bonchev–Trinajstić information content (AvgIpc) is 3.34. The molecule has 0 aliphatic carbocycles. The SMILES string of the molecule is N/C(=C\C(=Nc1ccccc1Cl)c1ccc(C(=O)N2CCCC2c2ccccc2Br)cc1)C(F)(F)F. The molecule has 0 saturated carbocycles. The van der Waals surface area contributed by atoms with Crippen molar-refractivity contribution in [1.29, 1.82) is 0 Å². The molecule has 0 aromatic heterocycles. The van der Waals surface area contributed by atoms with Crippen molar-refractivity contribution in [2.24, 2.45) is 10.7 Å². The minimum Gasteiger partial charge on any atom is -0.395 e. The lowest BCUT2D eigenvalue weighted by Crippen LogP contribution is -2.30. The molecule has 1 heterocycles. The summed E-state index contributed by atoms with van der Waals surface area (Å²) < 4.78 is 40.4. The van der Waals surface area contributed by atoms with E-state index in [0.717, 1.165) is 29.0 Å². The third-order valence-electron chi connectivity index (χ3n) is 5.92. The predicted octanol–water partition coefficient (Wildman–Crippen LogP) is 7.61. The van der Waals surface area contributed by atoms with Crippen molar-refractivity contribution in [3.8, 4) is 0 Å². The molecule has 0 bridgehead atoms. The third kappa shape index (κ3) is 5.82. The van der Waals surface area contributed by atoms with E-state index in [1.54, 1.807) is 48.5 Å². The van der Waals surface area contributed by atoms with Gasteiger partial charge in [-0.25, -0.2) is 4.99 Å². The number of nitrogens with zero attached hydrogens (tertiary/aromatic N) is 2. The first-order chi connectivity index (χ1) is 17.1. The first kappa shape index (κ1) is 26.0. The fourth-order valence-electron chi connectivity index (χ4n) is 4.11. The highest BCUT2D eigenvalue weighted by molar-refractivity contribution is 9.10. The van der Waals surface area contributed by atoms with Crippen LogP contribution in [0.4, 0.5) is 18.9 Å². The summed E-state index contributed by atoms with van der Waals surface area (Å²) in [5.74, 6) is -0.144. The summed E-state index contributed by atoms with van der Waals surface area (Å²) in [5.41, 5.74) is 6.11. The summed E-state index contributed by atoms with van der Waals surface area (Å²) in [6.07, 6.45) is -2.22. The molecular formula is C27H22BrClF3N3O. The summed E-state index contributed by atoms with van der Waals surface area (Å²) in [7, 11) is 0. The maximum absolute atomic E-state index is 13.4. The molecule has 4 rings (SSSR count). The molecule has 1 saturated heterocycles. The van der Waals surface area contributed by atoms with Gasteiger partial charge < -0.3 is 10.6 Å². The maximum Gasteiger partial charge on any atom is 0.430 e. The van der Waals surface area contributed by atoms with Gasteiger partial charge in [0.2, 0.25) is 0 Å². The molecule has 0 spiro atoms. The van der Waals surface area contributed by atoms with Gasteiger partial charge in [-0.3, -0.25) is 4.79 Å². The number of aliphatic imine (C=N–C) groups is 1. The second-order valence-electron chi connectivity index (χ2n) is 8.30. The number of rotatable bonds is 5. The Hall–Kier alpha value is -3.10. The molecule has 9 heteroatoms. The zero-order valence-electron chi connectivity index (χ0n) is 19.0. The van der Waals surface area contributed by atoms with Gasteiger partial charge in [0.25, 0.3) is 5.91 Å². The second-order valence-corrected chi connectivity index (χ2v) is 9.56. The number of amides is 1. The smallest absolute Gasteiger partial charge is 0.395 e. The van der Waals surface area contributed by atoms with Crippen LogP contribution in [-0.2, 0) is 0 Å². The minimum atomic E-state index is -4.71. The van der Waals surface area contributed by atoms with E-state index in [9.17, 15) is 18.0 Å². The quantitative estimate of drug-likeness (QED) is 0.318. The summed E-state index contributed by atoms with van der Waals surface area (Å²) in [6.45, 7) is 0.622. The van der Waals surface area contributed by atoms with Crippen LogP contribution in [0.1, 0.15) is 40.4 Å². The minimum absolute atomic E-state index is 0.0239. The number of para-hydroxylation sites is 1. The third-order valence-corrected chi connectivity index (χ3v) is 6.96. The van der Waals surface area contributed by atoms with Crippen molar-refractivity contribution < 1.29 is 18.0 Å². The van der Waals surface area contributed by atoms with E-state index in [1.165, 1.54) is 0 Å². The molecule has 1 fully saturated rings. The monoisotopic (exact) mass is 575 g/mol. The van der Waals surface area contributed by atoms with Gasteiger partial charge in [0, 0.05) is 22.1 Å². The Morgan fingerprint density at radius 3 is 2.33 bits per heavy atom. The number of hydrogen-bond acceptors (Lipinski definition) is 3. The molecule has 1 amide bonds. The number of hydrogen-bond donors (Lipinski definition) is 1. The van der Waals surface area contributed by atoms with Crippen molar-refractivity contribution in [3.63, 3.8) is 0 Å². The Morgan fingerprint density at radius 2 is 1.67 bits per heavy atom. The zero-order chi connectivity index (χ0) is 25.9. The summed E-state index contributed by atoms with van der Waals surface area (Å²) in [6, 6.07) is 20.6. The molecule has 36 heavy (non-hydrogen) atoms. The van der Waals surface area contributed by atoms with Crippen molar-refractivity contribution >= 4 is 44.8 Å². The molecule has 3 aromatic rings. The Balaban J connectivity index is 1.65. The number of halogens is 5. The van der Waals surface area contributed by atoms with Crippen molar-refractivity contribution in [2.45, 2.75) is 25.1 Å². The van der Waals surface area contributed by atoms with Crippen LogP contribution in [0.5, 0.6) is 0 Å². The average molecular weight is 577 g/mol. The highest BCUT2D eigenvalue weighted by Gasteiger charge is 2.33. The van der Waals surface area contributed by atoms with Crippen LogP contribution in [-0.4, -0.2) is 29.2 Å². The van der Waals surface area contributed by atoms with E-state index in [-0.39, 0.29) is 22.7 Å².